The van der Waals surface area contributed by atoms with Crippen LogP contribution in [0.2, 0.25) is 0 Å². The van der Waals surface area contributed by atoms with E-state index in [0.717, 1.165) is 22.3 Å². The van der Waals surface area contributed by atoms with Crippen LogP contribution in [0.3, 0.4) is 0 Å². The standard InChI is InChI=1S/C43H51N7O13/c1-43(2,3)63-42(60)50-33(39(56)48-31(19-25-11-5-4-6-12-25)38(55)47-23-36(53)46-22-34(44)51)21-45-35(52)17-18-61-37(54)20-32(40(57)58)49-41(59)62-24-30-28-15-9-7-13-26(28)27-14-8-10-16-29(27)30/h4-16,30-33H,17-24H2,1-3H3,(H2,44,51)(H,45,52)(H,46,53)(H,47,55)(H,48,56)(H,49,59)(H,50,60)(H,57,58)/t31-,32-,33-/m0/s1. The molecular weight excluding hydrogens is 823 g/mol. The summed E-state index contributed by atoms with van der Waals surface area (Å²) in [7, 11) is 0. The van der Waals surface area contributed by atoms with E-state index in [0.29, 0.717) is 5.56 Å². The van der Waals surface area contributed by atoms with Crippen LogP contribution in [-0.2, 0) is 54.2 Å². The molecule has 0 saturated heterocycles. The summed E-state index contributed by atoms with van der Waals surface area (Å²) >= 11 is 0. The lowest BCUT2D eigenvalue weighted by Gasteiger charge is -2.25. The number of benzene rings is 3. The quantitative estimate of drug-likeness (QED) is 0.0543. The fourth-order valence-corrected chi connectivity index (χ4v) is 6.30. The Hall–Kier alpha value is -7.51. The molecule has 3 aromatic rings. The van der Waals surface area contributed by atoms with Crippen LogP contribution < -0.4 is 37.6 Å². The molecule has 1 aliphatic rings. The molecular formula is C43H51N7O13. The minimum absolute atomic E-state index is 0.0534. The zero-order chi connectivity index (χ0) is 46.1. The summed E-state index contributed by atoms with van der Waals surface area (Å²) in [4.78, 5) is 113. The number of hydrogen-bond acceptors (Lipinski definition) is 12. The molecule has 63 heavy (non-hydrogen) atoms. The fraction of sp³-hybridized carbons (Fsp3) is 0.372. The van der Waals surface area contributed by atoms with E-state index in [-0.39, 0.29) is 18.9 Å². The van der Waals surface area contributed by atoms with Crippen molar-refractivity contribution in [2.45, 2.75) is 69.7 Å². The van der Waals surface area contributed by atoms with Crippen molar-refractivity contribution < 1.29 is 62.5 Å². The average molecular weight is 874 g/mol. The lowest BCUT2D eigenvalue weighted by molar-refractivity contribution is -0.150. The first-order valence-electron chi connectivity index (χ1n) is 19.8. The highest BCUT2D eigenvalue weighted by molar-refractivity contribution is 5.94. The van der Waals surface area contributed by atoms with Gasteiger partial charge in [-0.1, -0.05) is 78.9 Å². The fourth-order valence-electron chi connectivity index (χ4n) is 6.30. The van der Waals surface area contributed by atoms with Crippen LogP contribution in [0.1, 0.15) is 56.2 Å². The van der Waals surface area contributed by atoms with Crippen LogP contribution in [0.4, 0.5) is 9.59 Å². The molecule has 7 amide bonds. The molecule has 3 atom stereocenters. The van der Waals surface area contributed by atoms with E-state index in [4.69, 9.17) is 19.9 Å². The Balaban J connectivity index is 1.29. The molecule has 0 unspecified atom stereocenters. The Bertz CT molecular complexity index is 2110. The Kier molecular flexibility index (Phi) is 17.5. The van der Waals surface area contributed by atoms with Gasteiger partial charge in [-0.2, -0.15) is 0 Å². The molecule has 0 radical (unpaired) electrons. The maximum absolute atomic E-state index is 13.6. The third kappa shape index (κ3) is 15.8. The third-order valence-corrected chi connectivity index (χ3v) is 9.21. The van der Waals surface area contributed by atoms with E-state index >= 15 is 0 Å². The predicted octanol–water partition coefficient (Wildman–Crippen LogP) is 0.756. The van der Waals surface area contributed by atoms with Crippen LogP contribution in [-0.4, -0.2) is 115 Å². The number of nitrogens with two attached hydrogens (primary N) is 1. The number of aliphatic carboxylic acids is 1. The van der Waals surface area contributed by atoms with Crippen molar-refractivity contribution in [3.63, 3.8) is 0 Å². The molecule has 20 nitrogen and oxygen atoms in total. The third-order valence-electron chi connectivity index (χ3n) is 9.21. The molecule has 0 bridgehead atoms. The molecule has 0 heterocycles. The number of carbonyl (C=O) groups excluding carboxylic acids is 8. The largest absolute Gasteiger partial charge is 0.480 e. The lowest BCUT2D eigenvalue weighted by Crippen LogP contribution is -2.58. The minimum Gasteiger partial charge on any atom is -0.480 e. The number of fused-ring (bicyclic) bond motifs is 3. The number of rotatable bonds is 21. The second kappa shape index (κ2) is 22.9. The van der Waals surface area contributed by atoms with Crippen molar-refractivity contribution in [3.05, 3.63) is 95.6 Å². The van der Waals surface area contributed by atoms with Gasteiger partial charge in [0.1, 0.15) is 36.9 Å². The van der Waals surface area contributed by atoms with Crippen LogP contribution in [0.5, 0.6) is 0 Å². The van der Waals surface area contributed by atoms with Gasteiger partial charge in [-0.3, -0.25) is 28.8 Å². The van der Waals surface area contributed by atoms with Gasteiger partial charge in [0.15, 0.2) is 0 Å². The number of ether oxygens (including phenoxy) is 3. The molecule has 0 fully saturated rings. The Morgan fingerprint density at radius 2 is 1.27 bits per heavy atom. The molecule has 4 rings (SSSR count). The van der Waals surface area contributed by atoms with Gasteiger partial charge in [-0.25, -0.2) is 14.4 Å². The molecule has 0 aromatic heterocycles. The maximum atomic E-state index is 13.6. The number of esters is 1. The molecule has 20 heteroatoms. The highest BCUT2D eigenvalue weighted by Gasteiger charge is 2.32. The van der Waals surface area contributed by atoms with Gasteiger partial charge in [0.25, 0.3) is 0 Å². The number of nitrogens with one attached hydrogen (secondary N) is 6. The number of primary amides is 1. The summed E-state index contributed by atoms with van der Waals surface area (Å²) in [5.41, 5.74) is 8.58. The van der Waals surface area contributed by atoms with E-state index < -0.39 is 116 Å². The summed E-state index contributed by atoms with van der Waals surface area (Å²) in [6.45, 7) is 2.59. The Labute approximate surface area is 362 Å². The number of carbonyl (C=O) groups is 9. The smallest absolute Gasteiger partial charge is 0.408 e. The van der Waals surface area contributed by atoms with E-state index in [1.807, 2.05) is 48.5 Å². The van der Waals surface area contributed by atoms with E-state index in [2.05, 4.69) is 31.9 Å². The zero-order valence-corrected chi connectivity index (χ0v) is 34.9. The van der Waals surface area contributed by atoms with Crippen LogP contribution >= 0.6 is 0 Å². The monoisotopic (exact) mass is 873 g/mol. The number of alkyl carbamates (subject to hydrolysis) is 2. The topological polar surface area (TPSA) is 300 Å². The van der Waals surface area contributed by atoms with E-state index in [1.165, 1.54) is 0 Å². The Morgan fingerprint density at radius 3 is 1.87 bits per heavy atom. The molecule has 0 aliphatic heterocycles. The van der Waals surface area contributed by atoms with Crippen LogP contribution in [0.15, 0.2) is 78.9 Å². The van der Waals surface area contributed by atoms with Crippen molar-refractivity contribution in [3.8, 4) is 11.1 Å². The normalized spacial score (nSPS) is 13.0. The van der Waals surface area contributed by atoms with Crippen LogP contribution in [0, 0.1) is 0 Å². The van der Waals surface area contributed by atoms with Gasteiger partial charge in [0.05, 0.1) is 25.9 Å². The van der Waals surface area contributed by atoms with E-state index in [1.54, 1.807) is 51.1 Å². The molecule has 3 aromatic carbocycles. The summed E-state index contributed by atoms with van der Waals surface area (Å²) in [6, 6.07) is 19.3. The molecule has 9 N–H and O–H groups in total. The second-order valence-corrected chi connectivity index (χ2v) is 15.2. The Morgan fingerprint density at radius 1 is 0.667 bits per heavy atom. The highest BCUT2D eigenvalue weighted by Crippen LogP contribution is 2.44. The summed E-state index contributed by atoms with van der Waals surface area (Å²) in [5.74, 6) is -6.86. The first-order chi connectivity index (χ1) is 29.9. The second-order valence-electron chi connectivity index (χ2n) is 15.2. The summed E-state index contributed by atoms with van der Waals surface area (Å²) in [5, 5.41) is 23.8. The average Bonchev–Trinajstić information content (AvgIpc) is 3.55. The van der Waals surface area contributed by atoms with Gasteiger partial charge in [0.2, 0.25) is 29.5 Å². The van der Waals surface area contributed by atoms with Crippen LogP contribution in [0.25, 0.3) is 11.1 Å². The van der Waals surface area contributed by atoms with Crippen molar-refractivity contribution in [1.82, 2.24) is 31.9 Å². The van der Waals surface area contributed by atoms with E-state index in [9.17, 15) is 48.3 Å². The van der Waals surface area contributed by atoms with Gasteiger partial charge in [-0.15, -0.1) is 0 Å². The van der Waals surface area contributed by atoms with Gasteiger partial charge >= 0.3 is 24.1 Å². The zero-order valence-electron chi connectivity index (χ0n) is 34.9. The number of carboxylic acids is 1. The van der Waals surface area contributed by atoms with Gasteiger partial charge in [0, 0.05) is 18.9 Å². The number of carboxylic acid groups (broad SMARTS) is 1. The minimum atomic E-state index is -1.72. The predicted molar refractivity (Wildman–Crippen MR) is 223 cm³/mol. The first kappa shape index (κ1) is 48.2. The van der Waals surface area contributed by atoms with Crippen molar-refractivity contribution in [2.24, 2.45) is 5.73 Å². The first-order valence-corrected chi connectivity index (χ1v) is 19.8. The van der Waals surface area contributed by atoms with Crippen molar-refractivity contribution in [2.75, 3.05) is 32.8 Å². The number of amides is 7. The van der Waals surface area contributed by atoms with Gasteiger partial charge < -0.3 is 57.0 Å². The molecule has 1 aliphatic carbocycles. The molecule has 0 saturated carbocycles. The van der Waals surface area contributed by atoms with Crippen molar-refractivity contribution in [1.29, 1.82) is 0 Å². The summed E-state index contributed by atoms with van der Waals surface area (Å²) in [6.07, 6.45) is -3.39. The maximum Gasteiger partial charge on any atom is 0.408 e. The molecule has 0 spiro atoms. The molecule has 336 valence electrons. The SMILES string of the molecule is CC(C)(C)OC(=O)N[C@@H](CNC(=O)CCOC(=O)C[C@H](NC(=O)OCC1c2ccccc2-c2ccccc21)C(=O)O)C(=O)N[C@@H](Cc1ccccc1)C(=O)NCC(=O)NCC(N)=O. The van der Waals surface area contributed by atoms with Gasteiger partial charge in [-0.05, 0) is 48.6 Å². The summed E-state index contributed by atoms with van der Waals surface area (Å²) < 4.78 is 15.7. The number of hydrogen-bond donors (Lipinski definition) is 8. The lowest BCUT2D eigenvalue weighted by atomic mass is 9.98. The van der Waals surface area contributed by atoms with Crippen molar-refractivity contribution >= 4 is 53.7 Å². The highest BCUT2D eigenvalue weighted by atomic mass is 16.6.